The minimum atomic E-state index is 0.0863. The maximum Gasteiger partial charge on any atom is 0.255 e. The van der Waals surface area contributed by atoms with Crippen LogP contribution in [-0.2, 0) is 0 Å². The Balaban J connectivity index is 1.52. The summed E-state index contributed by atoms with van der Waals surface area (Å²) in [5.74, 6) is 1.04. The molecule has 0 unspecified atom stereocenters. The number of benzene rings is 1. The minimum absolute atomic E-state index is 0.0863. The molecule has 2 saturated heterocycles. The number of hydrogen-bond donors (Lipinski definition) is 0. The zero-order chi connectivity index (χ0) is 20.5. The standard InChI is InChI=1S/C23H28BrN3O2/c1-15-16(2)21(29-3)9-8-19(15)20-6-4-5-18-14-26(11-12-27(18)20)23(28)17-7-10-22(24)25-13-17/h7-10,13,18,20H,4-6,11-12,14H2,1-3H3/t18-,20+/m0/s1. The van der Waals surface area contributed by atoms with Crippen molar-refractivity contribution in [2.75, 3.05) is 26.7 Å². The summed E-state index contributed by atoms with van der Waals surface area (Å²) in [6.45, 7) is 6.81. The summed E-state index contributed by atoms with van der Waals surface area (Å²) in [6.07, 6.45) is 5.17. The van der Waals surface area contributed by atoms with E-state index in [1.165, 1.54) is 29.5 Å². The Bertz CT molecular complexity index is 900. The lowest BCUT2D eigenvalue weighted by Crippen LogP contribution is -2.57. The lowest BCUT2D eigenvalue weighted by Gasteiger charge is -2.48. The number of carbonyl (C=O) groups is 1. The number of ether oxygens (including phenoxy) is 1. The number of halogens is 1. The highest BCUT2D eigenvalue weighted by atomic mass is 79.9. The molecule has 0 radical (unpaired) electrons. The average molecular weight is 458 g/mol. The summed E-state index contributed by atoms with van der Waals surface area (Å²) in [5.41, 5.74) is 4.62. The minimum Gasteiger partial charge on any atom is -0.496 e. The smallest absolute Gasteiger partial charge is 0.255 e. The lowest BCUT2D eigenvalue weighted by molar-refractivity contribution is 0.0101. The number of methoxy groups -OCH3 is 1. The van der Waals surface area contributed by atoms with Crippen LogP contribution in [0, 0.1) is 13.8 Å². The van der Waals surface area contributed by atoms with Crippen LogP contribution in [0.15, 0.2) is 35.1 Å². The van der Waals surface area contributed by atoms with E-state index < -0.39 is 0 Å². The summed E-state index contributed by atoms with van der Waals surface area (Å²) >= 11 is 3.33. The number of piperidine rings is 1. The van der Waals surface area contributed by atoms with Crippen molar-refractivity contribution < 1.29 is 9.53 Å². The Morgan fingerprint density at radius 1 is 1.14 bits per heavy atom. The van der Waals surface area contributed by atoms with Crippen LogP contribution >= 0.6 is 15.9 Å². The number of pyridine rings is 1. The lowest BCUT2D eigenvalue weighted by atomic mass is 9.86. The first-order valence-corrected chi connectivity index (χ1v) is 11.1. The van der Waals surface area contributed by atoms with Gasteiger partial charge < -0.3 is 9.64 Å². The molecular formula is C23H28BrN3O2. The van der Waals surface area contributed by atoms with E-state index in [2.05, 4.69) is 51.8 Å². The van der Waals surface area contributed by atoms with E-state index in [0.29, 0.717) is 17.6 Å². The van der Waals surface area contributed by atoms with Gasteiger partial charge >= 0.3 is 0 Å². The first kappa shape index (κ1) is 20.4. The van der Waals surface area contributed by atoms with Crippen molar-refractivity contribution in [1.82, 2.24) is 14.8 Å². The fraction of sp³-hybridized carbons (Fsp3) is 0.478. The van der Waals surface area contributed by atoms with Gasteiger partial charge in [-0.1, -0.05) is 6.07 Å². The Morgan fingerprint density at radius 2 is 1.97 bits per heavy atom. The molecule has 4 rings (SSSR count). The second kappa shape index (κ2) is 8.44. The van der Waals surface area contributed by atoms with Gasteiger partial charge in [0.15, 0.2) is 0 Å². The SMILES string of the molecule is COc1ccc([C@H]2CCC[C@H]3CN(C(=O)c4ccc(Br)nc4)CCN32)c(C)c1C. The van der Waals surface area contributed by atoms with E-state index in [1.54, 1.807) is 13.3 Å². The fourth-order valence-electron chi connectivity index (χ4n) is 4.85. The molecule has 2 aliphatic heterocycles. The third kappa shape index (κ3) is 3.92. The molecule has 154 valence electrons. The molecule has 0 spiro atoms. The molecule has 0 N–H and O–H groups in total. The molecule has 1 aromatic carbocycles. The summed E-state index contributed by atoms with van der Waals surface area (Å²) < 4.78 is 6.25. The average Bonchev–Trinajstić information content (AvgIpc) is 2.75. The molecule has 2 atom stereocenters. The van der Waals surface area contributed by atoms with E-state index >= 15 is 0 Å². The number of aromatic nitrogens is 1. The third-order valence-corrected chi connectivity index (χ3v) is 7.03. The van der Waals surface area contributed by atoms with Gasteiger partial charge in [-0.2, -0.15) is 0 Å². The van der Waals surface area contributed by atoms with Gasteiger partial charge in [-0.05, 0) is 83.9 Å². The van der Waals surface area contributed by atoms with E-state index in [-0.39, 0.29) is 5.91 Å². The predicted molar refractivity (Wildman–Crippen MR) is 117 cm³/mol. The number of piperazine rings is 1. The number of nitrogens with zero attached hydrogens (tertiary/aromatic N) is 3. The monoisotopic (exact) mass is 457 g/mol. The summed E-state index contributed by atoms with van der Waals surface area (Å²) in [5, 5.41) is 0. The van der Waals surface area contributed by atoms with Crippen LogP contribution in [0.2, 0.25) is 0 Å². The molecule has 2 fully saturated rings. The van der Waals surface area contributed by atoms with Gasteiger partial charge in [-0.3, -0.25) is 9.69 Å². The molecule has 2 aromatic rings. The molecule has 0 bridgehead atoms. The van der Waals surface area contributed by atoms with Crippen molar-refractivity contribution in [3.8, 4) is 5.75 Å². The third-order valence-electron chi connectivity index (χ3n) is 6.56. The van der Waals surface area contributed by atoms with E-state index in [1.807, 2.05) is 17.0 Å². The van der Waals surface area contributed by atoms with Crippen LogP contribution in [0.1, 0.15) is 52.4 Å². The van der Waals surface area contributed by atoms with Gasteiger partial charge in [0.2, 0.25) is 0 Å². The highest BCUT2D eigenvalue weighted by Gasteiger charge is 2.37. The van der Waals surface area contributed by atoms with Gasteiger partial charge in [-0.25, -0.2) is 4.98 Å². The van der Waals surface area contributed by atoms with Crippen molar-refractivity contribution in [3.05, 3.63) is 57.3 Å². The molecule has 3 heterocycles. The largest absolute Gasteiger partial charge is 0.496 e. The van der Waals surface area contributed by atoms with Gasteiger partial charge in [0.25, 0.3) is 5.91 Å². The second-order valence-electron chi connectivity index (χ2n) is 8.07. The Morgan fingerprint density at radius 3 is 2.69 bits per heavy atom. The topological polar surface area (TPSA) is 45.7 Å². The van der Waals surface area contributed by atoms with Crippen molar-refractivity contribution in [3.63, 3.8) is 0 Å². The zero-order valence-electron chi connectivity index (χ0n) is 17.3. The van der Waals surface area contributed by atoms with Gasteiger partial charge in [0.1, 0.15) is 10.4 Å². The highest BCUT2D eigenvalue weighted by molar-refractivity contribution is 9.10. The maximum atomic E-state index is 12.9. The molecule has 1 aromatic heterocycles. The van der Waals surface area contributed by atoms with Crippen molar-refractivity contribution in [2.24, 2.45) is 0 Å². The van der Waals surface area contributed by atoms with Crippen LogP contribution in [0.5, 0.6) is 5.75 Å². The Hall–Kier alpha value is -1.92. The molecule has 0 aliphatic carbocycles. The summed E-state index contributed by atoms with van der Waals surface area (Å²) in [7, 11) is 1.73. The summed E-state index contributed by atoms with van der Waals surface area (Å²) in [4.78, 5) is 21.8. The van der Waals surface area contributed by atoms with Gasteiger partial charge in [0, 0.05) is 37.9 Å². The number of rotatable bonds is 3. The van der Waals surface area contributed by atoms with Crippen LogP contribution < -0.4 is 4.74 Å². The number of fused-ring (bicyclic) bond motifs is 1. The van der Waals surface area contributed by atoms with Crippen LogP contribution in [0.25, 0.3) is 0 Å². The van der Waals surface area contributed by atoms with Crippen molar-refractivity contribution in [2.45, 2.75) is 45.2 Å². The number of carbonyl (C=O) groups excluding carboxylic acids is 1. The van der Waals surface area contributed by atoms with E-state index in [4.69, 9.17) is 4.74 Å². The van der Waals surface area contributed by atoms with Crippen LogP contribution in [-0.4, -0.2) is 53.5 Å². The zero-order valence-corrected chi connectivity index (χ0v) is 18.9. The van der Waals surface area contributed by atoms with Crippen molar-refractivity contribution >= 4 is 21.8 Å². The van der Waals surface area contributed by atoms with E-state index in [9.17, 15) is 4.79 Å². The molecule has 1 amide bonds. The Labute approximate surface area is 181 Å². The van der Waals surface area contributed by atoms with Gasteiger partial charge in [-0.15, -0.1) is 0 Å². The van der Waals surface area contributed by atoms with Gasteiger partial charge in [0.05, 0.1) is 12.7 Å². The van der Waals surface area contributed by atoms with Crippen molar-refractivity contribution in [1.29, 1.82) is 0 Å². The van der Waals surface area contributed by atoms with E-state index in [0.717, 1.165) is 36.4 Å². The predicted octanol–water partition coefficient (Wildman–Crippen LogP) is 4.52. The number of hydrogen-bond acceptors (Lipinski definition) is 4. The number of amides is 1. The first-order valence-electron chi connectivity index (χ1n) is 10.3. The fourth-order valence-corrected chi connectivity index (χ4v) is 5.09. The second-order valence-corrected chi connectivity index (χ2v) is 8.88. The molecule has 2 aliphatic rings. The molecular weight excluding hydrogens is 430 g/mol. The maximum absolute atomic E-state index is 12.9. The molecule has 29 heavy (non-hydrogen) atoms. The molecule has 0 saturated carbocycles. The Kier molecular flexibility index (Phi) is 5.93. The first-order chi connectivity index (χ1) is 14.0. The molecule has 5 nitrogen and oxygen atoms in total. The molecule has 6 heteroatoms. The van der Waals surface area contributed by atoms with Crippen LogP contribution in [0.4, 0.5) is 0 Å². The summed E-state index contributed by atoms with van der Waals surface area (Å²) in [6, 6.07) is 8.84. The van der Waals surface area contributed by atoms with Crippen LogP contribution in [0.3, 0.4) is 0 Å². The normalized spacial score (nSPS) is 22.3. The highest BCUT2D eigenvalue weighted by Crippen LogP contribution is 2.39. The quantitative estimate of drug-likeness (QED) is 0.635.